The van der Waals surface area contributed by atoms with Crippen LogP contribution in [0.5, 0.6) is 0 Å². The zero-order valence-electron chi connectivity index (χ0n) is 14.0. The van der Waals surface area contributed by atoms with E-state index in [1.54, 1.807) is 6.20 Å². The lowest BCUT2D eigenvalue weighted by Gasteiger charge is -2.34. The molecule has 1 aliphatic heterocycles. The molecule has 3 rings (SSSR count). The van der Waals surface area contributed by atoms with Crippen LogP contribution < -0.4 is 4.90 Å². The first kappa shape index (κ1) is 17.4. The van der Waals surface area contributed by atoms with Crippen LogP contribution in [0.25, 0.3) is 0 Å². The molecule has 9 nitrogen and oxygen atoms in total. The maximum atomic E-state index is 12.9. The van der Waals surface area contributed by atoms with E-state index in [1.165, 1.54) is 29.4 Å². The Balaban J connectivity index is 1.82. The molecule has 1 fully saturated rings. The highest BCUT2D eigenvalue weighted by molar-refractivity contribution is 7.89. The first-order valence-electron chi connectivity index (χ1n) is 7.79. The van der Waals surface area contributed by atoms with Crippen LogP contribution in [0.1, 0.15) is 5.56 Å². The van der Waals surface area contributed by atoms with Crippen molar-refractivity contribution in [3.63, 3.8) is 0 Å². The molecule has 2 heterocycles. The number of nitrogens with zero attached hydrogens (tertiary/aromatic N) is 5. The number of sulfonamides is 1. The van der Waals surface area contributed by atoms with Crippen molar-refractivity contribution in [1.29, 1.82) is 0 Å². The summed E-state index contributed by atoms with van der Waals surface area (Å²) in [7, 11) is -1.89. The molecule has 1 aromatic heterocycles. The van der Waals surface area contributed by atoms with E-state index in [2.05, 4.69) is 4.98 Å². The number of nitro benzene ring substituents is 1. The fraction of sp³-hybridized carbons (Fsp3) is 0.400. The Morgan fingerprint density at radius 2 is 1.88 bits per heavy atom. The minimum Gasteiger partial charge on any atom is -0.340 e. The second-order valence-electron chi connectivity index (χ2n) is 5.89. The summed E-state index contributed by atoms with van der Waals surface area (Å²) in [6.07, 6.45) is 3.54. The minimum atomic E-state index is -3.78. The minimum absolute atomic E-state index is 0.00728. The van der Waals surface area contributed by atoms with Gasteiger partial charge in [-0.3, -0.25) is 10.1 Å². The summed E-state index contributed by atoms with van der Waals surface area (Å²) in [6.45, 7) is 3.10. The van der Waals surface area contributed by atoms with Gasteiger partial charge in [0.15, 0.2) is 0 Å². The third-order valence-corrected chi connectivity index (χ3v) is 6.43. The molecule has 1 saturated heterocycles. The van der Waals surface area contributed by atoms with Crippen molar-refractivity contribution in [2.45, 2.75) is 11.8 Å². The van der Waals surface area contributed by atoms with Crippen molar-refractivity contribution in [1.82, 2.24) is 13.9 Å². The zero-order chi connectivity index (χ0) is 18.2. The molecule has 0 saturated carbocycles. The van der Waals surface area contributed by atoms with Gasteiger partial charge < -0.3 is 9.47 Å². The summed E-state index contributed by atoms with van der Waals surface area (Å²) in [6, 6.07) is 4.14. The smallest absolute Gasteiger partial charge is 0.273 e. The van der Waals surface area contributed by atoms with E-state index >= 15 is 0 Å². The van der Waals surface area contributed by atoms with Crippen molar-refractivity contribution in [2.24, 2.45) is 7.05 Å². The Labute approximate surface area is 145 Å². The van der Waals surface area contributed by atoms with E-state index in [-0.39, 0.29) is 16.1 Å². The van der Waals surface area contributed by atoms with E-state index in [0.717, 1.165) is 5.95 Å². The highest BCUT2D eigenvalue weighted by Crippen LogP contribution is 2.28. The SMILES string of the molecule is Cc1c([N+](=O)[O-])cccc1S(=O)(=O)N1CCN(c2nccn2C)CC1. The Morgan fingerprint density at radius 1 is 1.20 bits per heavy atom. The van der Waals surface area contributed by atoms with Crippen LogP contribution in [0.2, 0.25) is 0 Å². The third-order valence-electron chi connectivity index (χ3n) is 4.39. The van der Waals surface area contributed by atoms with Crippen molar-refractivity contribution >= 4 is 21.7 Å². The second-order valence-corrected chi connectivity index (χ2v) is 7.79. The molecule has 0 atom stereocenters. The van der Waals surface area contributed by atoms with Gasteiger partial charge >= 0.3 is 0 Å². The van der Waals surface area contributed by atoms with Crippen LogP contribution in [-0.2, 0) is 17.1 Å². The Hall–Kier alpha value is -2.46. The highest BCUT2D eigenvalue weighted by Gasteiger charge is 2.32. The summed E-state index contributed by atoms with van der Waals surface area (Å²) in [5.74, 6) is 0.795. The molecule has 1 aromatic carbocycles. The number of benzene rings is 1. The first-order chi connectivity index (χ1) is 11.8. The summed E-state index contributed by atoms with van der Waals surface area (Å²) in [5, 5.41) is 11.1. The summed E-state index contributed by atoms with van der Waals surface area (Å²) < 4.78 is 29.1. The first-order valence-corrected chi connectivity index (χ1v) is 9.23. The van der Waals surface area contributed by atoms with Crippen LogP contribution in [0.3, 0.4) is 0 Å². The molecule has 0 unspecified atom stereocenters. The van der Waals surface area contributed by atoms with Gasteiger partial charge in [0.05, 0.1) is 9.82 Å². The van der Waals surface area contributed by atoms with Gasteiger partial charge in [0.25, 0.3) is 5.69 Å². The second kappa shape index (κ2) is 6.45. The van der Waals surface area contributed by atoms with Crippen LogP contribution in [0.4, 0.5) is 11.6 Å². The van der Waals surface area contributed by atoms with Crippen molar-refractivity contribution in [3.05, 3.63) is 46.3 Å². The van der Waals surface area contributed by atoms with Crippen LogP contribution in [-0.4, -0.2) is 53.4 Å². The third kappa shape index (κ3) is 3.10. The normalized spacial score (nSPS) is 16.2. The highest BCUT2D eigenvalue weighted by atomic mass is 32.2. The molecule has 0 aliphatic carbocycles. The number of nitro groups is 1. The number of anilines is 1. The Kier molecular flexibility index (Phi) is 4.48. The predicted molar refractivity (Wildman–Crippen MR) is 92.0 cm³/mol. The monoisotopic (exact) mass is 365 g/mol. The Bertz CT molecular complexity index is 900. The van der Waals surface area contributed by atoms with Crippen LogP contribution in [0.15, 0.2) is 35.5 Å². The number of hydrogen-bond acceptors (Lipinski definition) is 6. The van der Waals surface area contributed by atoms with E-state index in [9.17, 15) is 18.5 Å². The molecule has 134 valence electrons. The molecule has 1 aliphatic rings. The fourth-order valence-corrected chi connectivity index (χ4v) is 4.67. The standard InChI is InChI=1S/C15H19N5O4S/c1-12-13(20(21)22)4-3-5-14(12)25(23,24)19-10-8-18(9-11-19)15-16-6-7-17(15)2/h3-7H,8-11H2,1-2H3. The van der Waals surface area contributed by atoms with Gasteiger partial charge in [0, 0.05) is 57.3 Å². The van der Waals surface area contributed by atoms with Gasteiger partial charge in [-0.15, -0.1) is 0 Å². The van der Waals surface area contributed by atoms with Gasteiger partial charge in [0.2, 0.25) is 16.0 Å². The molecule has 0 spiro atoms. The van der Waals surface area contributed by atoms with Crippen molar-refractivity contribution in [3.8, 4) is 0 Å². The average Bonchev–Trinajstić information content (AvgIpc) is 3.00. The van der Waals surface area contributed by atoms with Crippen molar-refractivity contribution in [2.75, 3.05) is 31.1 Å². The van der Waals surface area contributed by atoms with Gasteiger partial charge in [-0.05, 0) is 13.0 Å². The van der Waals surface area contributed by atoms with E-state index < -0.39 is 14.9 Å². The van der Waals surface area contributed by atoms with E-state index in [4.69, 9.17) is 0 Å². The van der Waals surface area contributed by atoms with Crippen molar-refractivity contribution < 1.29 is 13.3 Å². The van der Waals surface area contributed by atoms with E-state index in [0.29, 0.717) is 26.2 Å². The topological polar surface area (TPSA) is 102 Å². The molecule has 0 amide bonds. The number of aryl methyl sites for hydroxylation is 1. The summed E-state index contributed by atoms with van der Waals surface area (Å²) >= 11 is 0. The molecule has 0 bridgehead atoms. The molecule has 10 heteroatoms. The number of piperazine rings is 1. The number of rotatable bonds is 4. The largest absolute Gasteiger partial charge is 0.340 e. The molecule has 0 N–H and O–H groups in total. The van der Waals surface area contributed by atoms with Gasteiger partial charge in [-0.25, -0.2) is 13.4 Å². The van der Waals surface area contributed by atoms with Crippen LogP contribution in [0, 0.1) is 17.0 Å². The molecular formula is C15H19N5O4S. The lowest BCUT2D eigenvalue weighted by molar-refractivity contribution is -0.385. The predicted octanol–water partition coefficient (Wildman–Crippen LogP) is 1.15. The van der Waals surface area contributed by atoms with Crippen LogP contribution >= 0.6 is 0 Å². The zero-order valence-corrected chi connectivity index (χ0v) is 14.8. The maximum Gasteiger partial charge on any atom is 0.273 e. The molecular weight excluding hydrogens is 346 g/mol. The van der Waals surface area contributed by atoms with Gasteiger partial charge in [-0.1, -0.05) is 6.07 Å². The Morgan fingerprint density at radius 3 is 2.44 bits per heavy atom. The number of imidazole rings is 1. The number of hydrogen-bond donors (Lipinski definition) is 0. The van der Waals surface area contributed by atoms with Gasteiger partial charge in [0.1, 0.15) is 0 Å². The fourth-order valence-electron chi connectivity index (χ4n) is 3.01. The molecule has 25 heavy (non-hydrogen) atoms. The summed E-state index contributed by atoms with van der Waals surface area (Å²) in [5.41, 5.74) is -0.0215. The lowest BCUT2D eigenvalue weighted by Crippen LogP contribution is -2.49. The van der Waals surface area contributed by atoms with E-state index in [1.807, 2.05) is 22.7 Å². The number of aromatic nitrogens is 2. The summed E-state index contributed by atoms with van der Waals surface area (Å²) in [4.78, 5) is 16.8. The molecule has 2 aromatic rings. The average molecular weight is 365 g/mol. The maximum absolute atomic E-state index is 12.9. The van der Waals surface area contributed by atoms with Gasteiger partial charge in [-0.2, -0.15) is 4.31 Å². The lowest BCUT2D eigenvalue weighted by atomic mass is 10.2. The quantitative estimate of drug-likeness (QED) is 0.595. The molecule has 0 radical (unpaired) electrons.